The SMILES string of the molecule is N#CC1(C#N)[C@@H](c2ccc(F)cc2F)[C@H](C(=O)c2ccccc2)N2c3ccccc3C=C[C@@H]21. The van der Waals surface area contributed by atoms with E-state index in [1.807, 2.05) is 30.3 Å². The summed E-state index contributed by atoms with van der Waals surface area (Å²) < 4.78 is 28.9. The minimum atomic E-state index is -1.78. The van der Waals surface area contributed by atoms with Gasteiger partial charge in [0.15, 0.2) is 11.2 Å². The van der Waals surface area contributed by atoms with Gasteiger partial charge in [-0.2, -0.15) is 10.5 Å². The van der Waals surface area contributed by atoms with Crippen LogP contribution >= 0.6 is 0 Å². The predicted octanol–water partition coefficient (Wildman–Crippen LogP) is 5.25. The predicted molar refractivity (Wildman–Crippen MR) is 119 cm³/mol. The first-order valence-electron chi connectivity index (χ1n) is 10.4. The number of fused-ring (bicyclic) bond motifs is 3. The first kappa shape index (κ1) is 20.6. The molecule has 0 N–H and O–H groups in total. The molecular formula is C27H17F2N3O. The Hall–Kier alpha value is -4.29. The van der Waals surface area contributed by atoms with Crippen LogP contribution in [-0.2, 0) is 0 Å². The minimum absolute atomic E-state index is 0.0333. The molecular weight excluding hydrogens is 420 g/mol. The van der Waals surface area contributed by atoms with Gasteiger partial charge in [0.05, 0.1) is 18.2 Å². The first-order valence-corrected chi connectivity index (χ1v) is 10.4. The van der Waals surface area contributed by atoms with E-state index in [0.717, 1.165) is 17.7 Å². The molecule has 0 unspecified atom stereocenters. The molecule has 1 saturated heterocycles. The summed E-state index contributed by atoms with van der Waals surface area (Å²) in [6.45, 7) is 0. The number of nitriles is 2. The van der Waals surface area contributed by atoms with Crippen LogP contribution in [0.4, 0.5) is 14.5 Å². The van der Waals surface area contributed by atoms with Crippen molar-refractivity contribution in [1.29, 1.82) is 10.5 Å². The molecule has 0 aromatic heterocycles. The lowest BCUT2D eigenvalue weighted by atomic mass is 9.69. The van der Waals surface area contributed by atoms with Crippen molar-refractivity contribution < 1.29 is 13.6 Å². The highest BCUT2D eigenvalue weighted by Crippen LogP contribution is 2.55. The van der Waals surface area contributed by atoms with Crippen molar-refractivity contribution in [3.8, 4) is 12.1 Å². The molecule has 6 heteroatoms. The van der Waals surface area contributed by atoms with Gasteiger partial charge in [-0.25, -0.2) is 8.78 Å². The van der Waals surface area contributed by atoms with Crippen LogP contribution in [0.15, 0.2) is 78.9 Å². The summed E-state index contributed by atoms with van der Waals surface area (Å²) in [4.78, 5) is 15.7. The van der Waals surface area contributed by atoms with Gasteiger partial charge in [-0.05, 0) is 23.3 Å². The average Bonchev–Trinajstić information content (AvgIpc) is 3.15. The quantitative estimate of drug-likeness (QED) is 0.525. The first-order chi connectivity index (χ1) is 16.0. The molecule has 2 heterocycles. The van der Waals surface area contributed by atoms with Crippen molar-refractivity contribution in [3.05, 3.63) is 107 Å². The molecule has 160 valence electrons. The number of hydrogen-bond donors (Lipinski definition) is 0. The van der Waals surface area contributed by atoms with Gasteiger partial charge in [-0.3, -0.25) is 4.79 Å². The number of ketones is 1. The second-order valence-electron chi connectivity index (χ2n) is 8.18. The monoisotopic (exact) mass is 437 g/mol. The Labute approximate surface area is 189 Å². The molecule has 3 aromatic rings. The maximum absolute atomic E-state index is 15.1. The highest BCUT2D eigenvalue weighted by Gasteiger charge is 2.63. The fourth-order valence-corrected chi connectivity index (χ4v) is 5.10. The van der Waals surface area contributed by atoms with E-state index in [9.17, 15) is 19.7 Å². The van der Waals surface area contributed by atoms with E-state index in [2.05, 4.69) is 12.1 Å². The second-order valence-corrected chi connectivity index (χ2v) is 8.18. The lowest BCUT2D eigenvalue weighted by molar-refractivity contribution is 0.0950. The van der Waals surface area contributed by atoms with Crippen LogP contribution in [0.2, 0.25) is 0 Å². The van der Waals surface area contributed by atoms with Crippen LogP contribution in [0.25, 0.3) is 6.08 Å². The summed E-state index contributed by atoms with van der Waals surface area (Å²) in [7, 11) is 0. The maximum atomic E-state index is 15.1. The molecule has 0 saturated carbocycles. The number of carbonyl (C=O) groups excluding carboxylic acids is 1. The summed E-state index contributed by atoms with van der Waals surface area (Å²) in [6, 6.07) is 21.3. The smallest absolute Gasteiger partial charge is 0.185 e. The van der Waals surface area contributed by atoms with Gasteiger partial charge in [-0.15, -0.1) is 0 Å². The molecule has 4 nitrogen and oxygen atoms in total. The maximum Gasteiger partial charge on any atom is 0.185 e. The average molecular weight is 437 g/mol. The standard InChI is InChI=1S/C27H17F2N3O/c28-19-11-12-20(21(29)14-19)24-25(26(33)18-7-2-1-3-8-18)32-22-9-5-4-6-17(22)10-13-23(32)27(24,15-30)16-31/h1-14,23-25H/t23-,24+,25-/m1/s1. The molecule has 2 aliphatic heterocycles. The van der Waals surface area contributed by atoms with E-state index >= 15 is 4.39 Å². The third-order valence-corrected chi connectivity index (χ3v) is 6.54. The summed E-state index contributed by atoms with van der Waals surface area (Å²) >= 11 is 0. The van der Waals surface area contributed by atoms with Crippen molar-refractivity contribution in [2.75, 3.05) is 4.90 Å². The Morgan fingerprint density at radius 3 is 2.33 bits per heavy atom. The fraction of sp³-hybridized carbons (Fsp3) is 0.148. The Morgan fingerprint density at radius 1 is 0.939 bits per heavy atom. The van der Waals surface area contributed by atoms with Gasteiger partial charge in [0, 0.05) is 23.2 Å². The number of para-hydroxylation sites is 1. The Morgan fingerprint density at radius 2 is 1.64 bits per heavy atom. The second kappa shape index (κ2) is 7.69. The van der Waals surface area contributed by atoms with Crippen LogP contribution in [0, 0.1) is 39.7 Å². The molecule has 0 spiro atoms. The topological polar surface area (TPSA) is 67.9 Å². The van der Waals surface area contributed by atoms with E-state index in [1.165, 1.54) is 6.07 Å². The third-order valence-electron chi connectivity index (χ3n) is 6.54. The van der Waals surface area contributed by atoms with Gasteiger partial charge in [0.1, 0.15) is 17.7 Å². The molecule has 3 atom stereocenters. The van der Waals surface area contributed by atoms with Crippen molar-refractivity contribution in [3.63, 3.8) is 0 Å². The highest BCUT2D eigenvalue weighted by atomic mass is 19.1. The van der Waals surface area contributed by atoms with E-state index in [0.29, 0.717) is 11.3 Å². The van der Waals surface area contributed by atoms with Crippen molar-refractivity contribution in [2.24, 2.45) is 5.41 Å². The number of hydrogen-bond acceptors (Lipinski definition) is 4. The van der Waals surface area contributed by atoms with Crippen LogP contribution in [0.5, 0.6) is 0 Å². The van der Waals surface area contributed by atoms with Gasteiger partial charge in [0.25, 0.3) is 0 Å². The van der Waals surface area contributed by atoms with Gasteiger partial charge >= 0.3 is 0 Å². The van der Waals surface area contributed by atoms with E-state index in [1.54, 1.807) is 41.3 Å². The zero-order valence-corrected chi connectivity index (χ0v) is 17.3. The van der Waals surface area contributed by atoms with Crippen molar-refractivity contribution >= 4 is 17.5 Å². The number of carbonyl (C=O) groups is 1. The summed E-state index contributed by atoms with van der Waals surface area (Å²) in [5.74, 6) is -3.16. The van der Waals surface area contributed by atoms with Crippen LogP contribution in [0.1, 0.15) is 27.4 Å². The molecule has 33 heavy (non-hydrogen) atoms. The van der Waals surface area contributed by atoms with E-state index in [4.69, 9.17) is 0 Å². The van der Waals surface area contributed by atoms with Crippen LogP contribution in [0.3, 0.4) is 0 Å². The molecule has 2 aliphatic rings. The Balaban J connectivity index is 1.81. The number of rotatable bonds is 3. The molecule has 3 aromatic carbocycles. The number of Topliss-reactive ketones (excluding diaryl/α,β-unsaturated/α-hetero) is 1. The van der Waals surface area contributed by atoms with E-state index in [-0.39, 0.29) is 11.3 Å². The minimum Gasteiger partial charge on any atom is -0.351 e. The Kier molecular flexibility index (Phi) is 4.80. The molecule has 0 aliphatic carbocycles. The number of anilines is 1. The normalized spacial score (nSPS) is 22.1. The van der Waals surface area contributed by atoms with Gasteiger partial charge in [0.2, 0.25) is 0 Å². The van der Waals surface area contributed by atoms with Crippen molar-refractivity contribution in [1.82, 2.24) is 0 Å². The van der Waals surface area contributed by atoms with Gasteiger partial charge < -0.3 is 4.90 Å². The largest absolute Gasteiger partial charge is 0.351 e. The van der Waals surface area contributed by atoms with Gasteiger partial charge in [-0.1, -0.05) is 66.7 Å². The summed E-state index contributed by atoms with van der Waals surface area (Å²) in [5.41, 5.74) is 0.0722. The zero-order valence-electron chi connectivity index (χ0n) is 17.3. The number of nitrogens with zero attached hydrogens (tertiary/aromatic N) is 3. The Bertz CT molecular complexity index is 1360. The van der Waals surface area contributed by atoms with Crippen molar-refractivity contribution in [2.45, 2.75) is 18.0 Å². The third kappa shape index (κ3) is 2.96. The molecule has 1 fully saturated rings. The number of halogens is 2. The summed E-state index contributed by atoms with van der Waals surface area (Å²) in [6.07, 6.45) is 3.54. The van der Waals surface area contributed by atoms with Crippen LogP contribution < -0.4 is 4.90 Å². The molecule has 5 rings (SSSR count). The summed E-state index contributed by atoms with van der Waals surface area (Å²) in [5, 5.41) is 20.6. The highest BCUT2D eigenvalue weighted by molar-refractivity contribution is 6.04. The molecule has 0 radical (unpaired) electrons. The lowest BCUT2D eigenvalue weighted by Crippen LogP contribution is -2.44. The van der Waals surface area contributed by atoms with E-state index < -0.39 is 35.1 Å². The fourth-order valence-electron chi connectivity index (χ4n) is 5.10. The molecule has 0 amide bonds. The number of benzene rings is 3. The van der Waals surface area contributed by atoms with Crippen LogP contribution in [-0.4, -0.2) is 17.9 Å². The zero-order chi connectivity index (χ0) is 23.2. The molecule has 0 bridgehead atoms. The lowest BCUT2D eigenvalue weighted by Gasteiger charge is -2.35.